The summed E-state index contributed by atoms with van der Waals surface area (Å²) < 4.78 is 11.2. The highest BCUT2D eigenvalue weighted by Crippen LogP contribution is 2.30. The molecule has 4 aromatic rings. The Morgan fingerprint density at radius 3 is 2.71 bits per heavy atom. The number of aryl methyl sites for hydroxylation is 2. The van der Waals surface area contributed by atoms with E-state index in [9.17, 15) is 0 Å². The van der Waals surface area contributed by atoms with Crippen LogP contribution in [-0.2, 0) is 6.42 Å². The van der Waals surface area contributed by atoms with Crippen LogP contribution >= 0.6 is 0 Å². The van der Waals surface area contributed by atoms with Crippen molar-refractivity contribution in [3.05, 3.63) is 59.0 Å². The molecular formula is C18H16N4O2. The molecule has 0 atom stereocenters. The molecule has 0 amide bonds. The van der Waals surface area contributed by atoms with Crippen molar-refractivity contribution in [2.45, 2.75) is 20.3 Å². The van der Waals surface area contributed by atoms with E-state index in [4.69, 9.17) is 14.7 Å². The number of rotatable bonds is 3. The molecule has 0 fully saturated rings. The van der Waals surface area contributed by atoms with Gasteiger partial charge < -0.3 is 14.7 Å². The van der Waals surface area contributed by atoms with Crippen LogP contribution in [-0.4, -0.2) is 15.1 Å². The number of benzene rings is 1. The van der Waals surface area contributed by atoms with Gasteiger partial charge >= 0.3 is 0 Å². The third-order valence-electron chi connectivity index (χ3n) is 3.83. The van der Waals surface area contributed by atoms with E-state index < -0.39 is 0 Å². The summed E-state index contributed by atoms with van der Waals surface area (Å²) in [7, 11) is 0. The zero-order chi connectivity index (χ0) is 16.7. The van der Waals surface area contributed by atoms with Gasteiger partial charge in [-0.15, -0.1) is 0 Å². The maximum absolute atomic E-state index is 5.88. The molecule has 0 unspecified atom stereocenters. The fourth-order valence-electron chi connectivity index (χ4n) is 2.75. The van der Waals surface area contributed by atoms with Crippen LogP contribution in [0.2, 0.25) is 0 Å². The number of nitrogens with two attached hydrogens (primary N) is 1. The highest BCUT2D eigenvalue weighted by molar-refractivity contribution is 5.88. The van der Waals surface area contributed by atoms with Gasteiger partial charge in [-0.25, -0.2) is 9.97 Å². The molecule has 0 saturated carbocycles. The largest absolute Gasteiger partial charge is 0.460 e. The second kappa shape index (κ2) is 5.49. The normalized spacial score (nSPS) is 11.2. The highest BCUT2D eigenvalue weighted by atomic mass is 16.5. The zero-order valence-electron chi connectivity index (χ0n) is 13.4. The van der Waals surface area contributed by atoms with Crippen molar-refractivity contribution in [1.82, 2.24) is 15.1 Å². The Morgan fingerprint density at radius 1 is 1.08 bits per heavy atom. The molecule has 1 aromatic carbocycles. The van der Waals surface area contributed by atoms with Gasteiger partial charge in [0.15, 0.2) is 11.5 Å². The number of aromatic nitrogens is 3. The minimum atomic E-state index is 0.167. The van der Waals surface area contributed by atoms with Crippen molar-refractivity contribution in [3.63, 3.8) is 0 Å². The van der Waals surface area contributed by atoms with Gasteiger partial charge in [0, 0.05) is 6.42 Å². The Morgan fingerprint density at radius 2 is 1.96 bits per heavy atom. The smallest absolute Gasteiger partial charge is 0.221 e. The lowest BCUT2D eigenvalue weighted by Gasteiger charge is -2.01. The van der Waals surface area contributed by atoms with Gasteiger partial charge in [-0.2, -0.15) is 0 Å². The Labute approximate surface area is 138 Å². The molecule has 3 aromatic heterocycles. The van der Waals surface area contributed by atoms with Crippen LogP contribution in [0.15, 0.2) is 45.3 Å². The Hall–Kier alpha value is -3.15. The maximum atomic E-state index is 5.88. The standard InChI is InChI=1S/C18H16N4O2/c1-10-4-3-5-12(8-10)9-13-15-17(24-22-13)16(21-18(19)20-15)14-7-6-11(2)23-14/h3-8H,9H2,1-2H3,(H2,19,20,21). The second-order valence-corrected chi connectivity index (χ2v) is 5.81. The van der Waals surface area contributed by atoms with Crippen molar-refractivity contribution in [1.29, 1.82) is 0 Å². The van der Waals surface area contributed by atoms with Gasteiger partial charge in [0.25, 0.3) is 0 Å². The number of nitrogen functional groups attached to an aromatic ring is 1. The fraction of sp³-hybridized carbons (Fsp3) is 0.167. The summed E-state index contributed by atoms with van der Waals surface area (Å²) in [5, 5.41) is 4.18. The lowest BCUT2D eigenvalue weighted by Crippen LogP contribution is -1.98. The van der Waals surface area contributed by atoms with Gasteiger partial charge in [0.05, 0.1) is 0 Å². The van der Waals surface area contributed by atoms with Crippen molar-refractivity contribution in [3.8, 4) is 11.5 Å². The summed E-state index contributed by atoms with van der Waals surface area (Å²) in [6.45, 7) is 3.93. The number of furan rings is 1. The molecule has 0 spiro atoms. The van der Waals surface area contributed by atoms with Crippen LogP contribution < -0.4 is 5.73 Å². The fourth-order valence-corrected chi connectivity index (χ4v) is 2.75. The van der Waals surface area contributed by atoms with E-state index >= 15 is 0 Å². The second-order valence-electron chi connectivity index (χ2n) is 5.81. The molecule has 24 heavy (non-hydrogen) atoms. The van der Waals surface area contributed by atoms with Gasteiger partial charge in [0.2, 0.25) is 11.5 Å². The first-order valence-electron chi connectivity index (χ1n) is 7.64. The minimum Gasteiger partial charge on any atom is -0.460 e. The molecule has 120 valence electrons. The van der Waals surface area contributed by atoms with Crippen molar-refractivity contribution < 1.29 is 8.94 Å². The van der Waals surface area contributed by atoms with E-state index in [1.807, 2.05) is 25.1 Å². The summed E-state index contributed by atoms with van der Waals surface area (Å²) in [5.41, 5.74) is 10.6. The van der Waals surface area contributed by atoms with E-state index in [0.29, 0.717) is 29.0 Å². The van der Waals surface area contributed by atoms with Crippen LogP contribution in [0.25, 0.3) is 22.6 Å². The lowest BCUT2D eigenvalue weighted by molar-refractivity contribution is 0.446. The number of anilines is 1. The molecule has 0 saturated heterocycles. The van der Waals surface area contributed by atoms with E-state index in [1.54, 1.807) is 0 Å². The summed E-state index contributed by atoms with van der Waals surface area (Å²) in [6, 6.07) is 11.9. The van der Waals surface area contributed by atoms with Gasteiger partial charge in [-0.05, 0) is 31.5 Å². The maximum Gasteiger partial charge on any atom is 0.221 e. The van der Waals surface area contributed by atoms with Crippen molar-refractivity contribution in [2.24, 2.45) is 0 Å². The summed E-state index contributed by atoms with van der Waals surface area (Å²) >= 11 is 0. The van der Waals surface area contributed by atoms with Crippen molar-refractivity contribution in [2.75, 3.05) is 5.73 Å². The average Bonchev–Trinajstić information content (AvgIpc) is 3.14. The van der Waals surface area contributed by atoms with Gasteiger partial charge in [-0.3, -0.25) is 0 Å². The van der Waals surface area contributed by atoms with Gasteiger partial charge in [-0.1, -0.05) is 35.0 Å². The Kier molecular flexibility index (Phi) is 3.30. The van der Waals surface area contributed by atoms with Crippen LogP contribution in [0.5, 0.6) is 0 Å². The molecule has 0 aliphatic heterocycles. The predicted octanol–water partition coefficient (Wildman–Crippen LogP) is 3.67. The van der Waals surface area contributed by atoms with E-state index in [2.05, 4.69) is 40.2 Å². The van der Waals surface area contributed by atoms with Crippen LogP contribution in [0.1, 0.15) is 22.6 Å². The molecule has 0 radical (unpaired) electrons. The SMILES string of the molecule is Cc1cccc(Cc2noc3c(-c4ccc(C)o4)nc(N)nc23)c1. The van der Waals surface area contributed by atoms with E-state index in [-0.39, 0.29) is 5.95 Å². The monoisotopic (exact) mass is 320 g/mol. The number of hydrogen-bond acceptors (Lipinski definition) is 6. The molecular weight excluding hydrogens is 304 g/mol. The summed E-state index contributed by atoms with van der Waals surface area (Å²) in [6.07, 6.45) is 0.613. The Bertz CT molecular complexity index is 1030. The van der Waals surface area contributed by atoms with Crippen LogP contribution in [0.4, 0.5) is 5.95 Å². The first-order valence-corrected chi connectivity index (χ1v) is 7.64. The third-order valence-corrected chi connectivity index (χ3v) is 3.83. The van der Waals surface area contributed by atoms with E-state index in [0.717, 1.165) is 17.0 Å². The molecule has 0 aliphatic rings. The average molecular weight is 320 g/mol. The van der Waals surface area contributed by atoms with E-state index in [1.165, 1.54) is 5.56 Å². The molecule has 6 nitrogen and oxygen atoms in total. The topological polar surface area (TPSA) is 91.0 Å². The number of hydrogen-bond donors (Lipinski definition) is 1. The Balaban J connectivity index is 1.83. The predicted molar refractivity (Wildman–Crippen MR) is 90.4 cm³/mol. The quantitative estimate of drug-likeness (QED) is 0.619. The van der Waals surface area contributed by atoms with Crippen LogP contribution in [0.3, 0.4) is 0 Å². The first-order chi connectivity index (χ1) is 11.6. The third kappa shape index (κ3) is 2.52. The zero-order valence-corrected chi connectivity index (χ0v) is 13.4. The minimum absolute atomic E-state index is 0.167. The van der Waals surface area contributed by atoms with Crippen LogP contribution in [0, 0.1) is 13.8 Å². The summed E-state index contributed by atoms with van der Waals surface area (Å²) in [4.78, 5) is 8.57. The van der Waals surface area contributed by atoms with Crippen molar-refractivity contribution >= 4 is 17.0 Å². The molecule has 4 rings (SSSR count). The summed E-state index contributed by atoms with van der Waals surface area (Å²) in [5.74, 6) is 1.54. The molecule has 3 heterocycles. The lowest BCUT2D eigenvalue weighted by atomic mass is 10.1. The number of fused-ring (bicyclic) bond motifs is 1. The highest BCUT2D eigenvalue weighted by Gasteiger charge is 2.19. The van der Waals surface area contributed by atoms with Gasteiger partial charge in [0.1, 0.15) is 17.0 Å². The first kappa shape index (κ1) is 14.4. The molecule has 2 N–H and O–H groups in total. The number of nitrogens with zero attached hydrogens (tertiary/aromatic N) is 3. The molecule has 6 heteroatoms. The molecule has 0 aliphatic carbocycles. The molecule has 0 bridgehead atoms.